The van der Waals surface area contributed by atoms with Gasteiger partial charge in [0.05, 0.1) is 29.3 Å². The zero-order chi connectivity index (χ0) is 14.8. The van der Waals surface area contributed by atoms with Crippen LogP contribution < -0.4 is 5.32 Å². The number of para-hydroxylation sites is 1. The third-order valence-corrected chi connectivity index (χ3v) is 5.52. The first-order valence-electron chi connectivity index (χ1n) is 6.20. The predicted molar refractivity (Wildman–Crippen MR) is 77.7 cm³/mol. The summed E-state index contributed by atoms with van der Waals surface area (Å²) in [5.41, 5.74) is -0.742. The third kappa shape index (κ3) is 3.07. The van der Waals surface area contributed by atoms with Crippen LogP contribution in [0.15, 0.2) is 24.3 Å². The standard InChI is InChI=1S/C13H16ClNO4S/c1-19-12(16)13(7-4-8-20(17,18)9-13)15-11-6-3-2-5-10(11)14/h2-3,5-6,15H,4,7-9H2,1H3. The van der Waals surface area contributed by atoms with Crippen LogP contribution in [0.2, 0.25) is 5.02 Å². The minimum Gasteiger partial charge on any atom is -0.467 e. The molecule has 0 radical (unpaired) electrons. The second kappa shape index (κ2) is 5.61. The first kappa shape index (κ1) is 15.1. The van der Waals surface area contributed by atoms with Crippen LogP contribution in [0.25, 0.3) is 0 Å². The van der Waals surface area contributed by atoms with E-state index in [9.17, 15) is 13.2 Å². The Bertz CT molecular complexity index is 617. The predicted octanol–water partition coefficient (Wildman–Crippen LogP) is 1.87. The van der Waals surface area contributed by atoms with Crippen LogP contribution >= 0.6 is 11.6 Å². The molecule has 1 unspecified atom stereocenters. The van der Waals surface area contributed by atoms with Crippen LogP contribution in [0.3, 0.4) is 0 Å². The van der Waals surface area contributed by atoms with Gasteiger partial charge in [-0.2, -0.15) is 0 Å². The van der Waals surface area contributed by atoms with Gasteiger partial charge in [0.1, 0.15) is 5.54 Å². The Labute approximate surface area is 123 Å². The van der Waals surface area contributed by atoms with Crippen molar-refractivity contribution in [2.24, 2.45) is 0 Å². The van der Waals surface area contributed by atoms with E-state index in [1.807, 2.05) is 0 Å². The highest BCUT2D eigenvalue weighted by molar-refractivity contribution is 7.91. The van der Waals surface area contributed by atoms with E-state index >= 15 is 0 Å². The van der Waals surface area contributed by atoms with Gasteiger partial charge < -0.3 is 10.1 Å². The van der Waals surface area contributed by atoms with Crippen molar-refractivity contribution in [1.82, 2.24) is 0 Å². The van der Waals surface area contributed by atoms with Gasteiger partial charge in [-0.05, 0) is 25.0 Å². The summed E-state index contributed by atoms with van der Waals surface area (Å²) < 4.78 is 28.6. The second-order valence-electron chi connectivity index (χ2n) is 4.87. The van der Waals surface area contributed by atoms with Crippen LogP contribution in [0.1, 0.15) is 12.8 Å². The number of carbonyl (C=O) groups excluding carboxylic acids is 1. The van der Waals surface area contributed by atoms with Crippen LogP contribution in [0.4, 0.5) is 5.69 Å². The molecular formula is C13H16ClNO4S. The number of sulfone groups is 1. The van der Waals surface area contributed by atoms with E-state index in [-0.39, 0.29) is 11.5 Å². The molecular weight excluding hydrogens is 302 g/mol. The Kier molecular flexibility index (Phi) is 4.25. The van der Waals surface area contributed by atoms with E-state index in [1.165, 1.54) is 7.11 Å². The van der Waals surface area contributed by atoms with Crippen molar-refractivity contribution in [3.05, 3.63) is 29.3 Å². The fraction of sp³-hybridized carbons (Fsp3) is 0.462. The molecule has 1 aliphatic heterocycles. The number of methoxy groups -OCH3 is 1. The highest BCUT2D eigenvalue weighted by Crippen LogP contribution is 2.31. The Morgan fingerprint density at radius 1 is 1.40 bits per heavy atom. The average Bonchev–Trinajstić information content (AvgIpc) is 2.39. The summed E-state index contributed by atoms with van der Waals surface area (Å²) in [5, 5.41) is 3.41. The molecule has 1 aromatic rings. The minimum atomic E-state index is -3.28. The van der Waals surface area contributed by atoms with Crippen molar-refractivity contribution in [3.8, 4) is 0 Å². The van der Waals surface area contributed by atoms with Crippen LogP contribution in [-0.4, -0.2) is 38.5 Å². The van der Waals surface area contributed by atoms with Gasteiger partial charge in [0.2, 0.25) is 0 Å². The quantitative estimate of drug-likeness (QED) is 0.862. The molecule has 0 aliphatic carbocycles. The molecule has 1 atom stereocenters. The van der Waals surface area contributed by atoms with E-state index in [1.54, 1.807) is 24.3 Å². The van der Waals surface area contributed by atoms with Crippen LogP contribution in [-0.2, 0) is 19.4 Å². The van der Waals surface area contributed by atoms with Gasteiger partial charge in [-0.1, -0.05) is 23.7 Å². The Morgan fingerprint density at radius 2 is 2.10 bits per heavy atom. The molecule has 20 heavy (non-hydrogen) atoms. The molecule has 0 spiro atoms. The number of carbonyl (C=O) groups is 1. The fourth-order valence-corrected chi connectivity index (χ4v) is 4.44. The summed E-state index contributed by atoms with van der Waals surface area (Å²) in [7, 11) is -2.04. The first-order chi connectivity index (χ1) is 9.38. The van der Waals surface area contributed by atoms with E-state index in [4.69, 9.17) is 16.3 Å². The number of hydrogen-bond acceptors (Lipinski definition) is 5. The van der Waals surface area contributed by atoms with Gasteiger partial charge in [0.15, 0.2) is 9.84 Å². The highest BCUT2D eigenvalue weighted by atomic mass is 35.5. The summed E-state index contributed by atoms with van der Waals surface area (Å²) in [4.78, 5) is 12.1. The lowest BCUT2D eigenvalue weighted by atomic mass is 9.95. The van der Waals surface area contributed by atoms with Gasteiger partial charge in [-0.25, -0.2) is 13.2 Å². The summed E-state index contributed by atoms with van der Waals surface area (Å²) in [6.07, 6.45) is 0.805. The van der Waals surface area contributed by atoms with Crippen LogP contribution in [0, 0.1) is 0 Å². The van der Waals surface area contributed by atoms with Gasteiger partial charge >= 0.3 is 5.97 Å². The number of nitrogens with one attached hydrogen (secondary N) is 1. The zero-order valence-electron chi connectivity index (χ0n) is 11.1. The molecule has 2 rings (SSSR count). The number of halogens is 1. The van der Waals surface area contributed by atoms with Gasteiger partial charge in [-0.3, -0.25) is 0 Å². The van der Waals surface area contributed by atoms with Crippen LogP contribution in [0.5, 0.6) is 0 Å². The summed E-state index contributed by atoms with van der Waals surface area (Å²) in [6.45, 7) is 0. The number of anilines is 1. The molecule has 0 aromatic heterocycles. The minimum absolute atomic E-state index is 0.0932. The molecule has 1 aromatic carbocycles. The van der Waals surface area contributed by atoms with Crippen molar-refractivity contribution in [1.29, 1.82) is 0 Å². The van der Waals surface area contributed by atoms with Crippen molar-refractivity contribution in [2.45, 2.75) is 18.4 Å². The Balaban J connectivity index is 2.38. The summed E-state index contributed by atoms with van der Waals surface area (Å²) in [6, 6.07) is 6.90. The van der Waals surface area contributed by atoms with Crippen molar-refractivity contribution in [2.75, 3.05) is 23.9 Å². The van der Waals surface area contributed by atoms with Gasteiger partial charge in [0.25, 0.3) is 0 Å². The number of rotatable bonds is 3. The smallest absolute Gasteiger partial charge is 0.332 e. The van der Waals surface area contributed by atoms with Gasteiger partial charge in [-0.15, -0.1) is 0 Å². The largest absolute Gasteiger partial charge is 0.467 e. The highest BCUT2D eigenvalue weighted by Gasteiger charge is 2.46. The molecule has 5 nitrogen and oxygen atoms in total. The number of hydrogen-bond donors (Lipinski definition) is 1. The average molecular weight is 318 g/mol. The Hall–Kier alpha value is -1.27. The number of ether oxygens (including phenoxy) is 1. The van der Waals surface area contributed by atoms with E-state index in [2.05, 4.69) is 5.32 Å². The molecule has 1 aliphatic rings. The van der Waals surface area contributed by atoms with Crippen molar-refractivity contribution < 1.29 is 17.9 Å². The molecule has 1 N–H and O–H groups in total. The molecule has 0 bridgehead atoms. The van der Waals surface area contributed by atoms with E-state index in [0.717, 1.165) is 0 Å². The zero-order valence-corrected chi connectivity index (χ0v) is 12.6. The fourth-order valence-electron chi connectivity index (χ4n) is 2.44. The monoisotopic (exact) mass is 317 g/mol. The SMILES string of the molecule is COC(=O)C1(Nc2ccccc2Cl)CCCS(=O)(=O)C1. The number of esters is 1. The maximum absolute atomic E-state index is 12.1. The lowest BCUT2D eigenvalue weighted by Gasteiger charge is -2.35. The maximum atomic E-state index is 12.1. The van der Waals surface area contributed by atoms with Gasteiger partial charge in [0, 0.05) is 0 Å². The molecule has 1 heterocycles. The summed E-state index contributed by atoms with van der Waals surface area (Å²) >= 11 is 6.06. The van der Waals surface area contributed by atoms with Crippen molar-refractivity contribution in [3.63, 3.8) is 0 Å². The summed E-state index contributed by atoms with van der Waals surface area (Å²) in [5.74, 6) is -0.769. The molecule has 0 saturated carbocycles. The molecule has 1 fully saturated rings. The second-order valence-corrected chi connectivity index (χ2v) is 7.47. The van der Waals surface area contributed by atoms with E-state index in [0.29, 0.717) is 23.6 Å². The third-order valence-electron chi connectivity index (χ3n) is 3.35. The molecule has 1 saturated heterocycles. The lowest BCUT2D eigenvalue weighted by Crippen LogP contribution is -2.55. The Morgan fingerprint density at radius 3 is 2.70 bits per heavy atom. The first-order valence-corrected chi connectivity index (χ1v) is 8.40. The number of benzene rings is 1. The van der Waals surface area contributed by atoms with E-state index < -0.39 is 21.3 Å². The molecule has 110 valence electrons. The molecule has 0 amide bonds. The topological polar surface area (TPSA) is 72.5 Å². The maximum Gasteiger partial charge on any atom is 0.332 e. The lowest BCUT2D eigenvalue weighted by molar-refractivity contribution is -0.145. The normalized spacial score (nSPS) is 24.9. The van der Waals surface area contributed by atoms with Crippen molar-refractivity contribution >= 4 is 33.1 Å². The molecule has 7 heteroatoms.